The Bertz CT molecular complexity index is 822. The van der Waals surface area contributed by atoms with E-state index in [2.05, 4.69) is 26.9 Å². The summed E-state index contributed by atoms with van der Waals surface area (Å²) in [7, 11) is -3.41. The molecule has 4 nitrogen and oxygen atoms in total. The van der Waals surface area contributed by atoms with E-state index in [0.717, 1.165) is 36.1 Å². The predicted molar refractivity (Wildman–Crippen MR) is 104 cm³/mol. The van der Waals surface area contributed by atoms with Crippen molar-refractivity contribution in [2.24, 2.45) is 0 Å². The van der Waals surface area contributed by atoms with Crippen LogP contribution in [0.1, 0.15) is 17.5 Å². The van der Waals surface area contributed by atoms with E-state index in [-0.39, 0.29) is 0 Å². The van der Waals surface area contributed by atoms with Crippen LogP contribution in [0.25, 0.3) is 0 Å². The van der Waals surface area contributed by atoms with E-state index in [0.29, 0.717) is 18.0 Å². The van der Waals surface area contributed by atoms with Gasteiger partial charge >= 0.3 is 0 Å². The van der Waals surface area contributed by atoms with Gasteiger partial charge in [-0.05, 0) is 43.7 Å². The van der Waals surface area contributed by atoms with Crippen LogP contribution in [0.3, 0.4) is 0 Å². The number of hydrogen-bond donors (Lipinski definition) is 0. The van der Waals surface area contributed by atoms with Crippen molar-refractivity contribution in [2.45, 2.75) is 24.8 Å². The van der Waals surface area contributed by atoms with Crippen LogP contribution < -0.4 is 0 Å². The molecule has 0 unspecified atom stereocenters. The van der Waals surface area contributed by atoms with Gasteiger partial charge in [-0.25, -0.2) is 8.42 Å². The molecule has 0 aliphatic carbocycles. The number of aryl methyl sites for hydroxylation is 1. The number of benzene rings is 2. The molecule has 2 aromatic rings. The Balaban J connectivity index is 1.69. The number of rotatable bonds is 4. The molecule has 1 heterocycles. The summed E-state index contributed by atoms with van der Waals surface area (Å²) < 4.78 is 28.5. The zero-order valence-electron chi connectivity index (χ0n) is 14.4. The van der Waals surface area contributed by atoms with E-state index < -0.39 is 10.0 Å². The average Bonchev–Trinajstić information content (AvgIpc) is 2.83. The molecule has 6 heteroatoms. The lowest BCUT2D eigenvalue weighted by molar-refractivity contribution is 0.278. The third-order valence-electron chi connectivity index (χ3n) is 4.56. The van der Waals surface area contributed by atoms with Gasteiger partial charge in [-0.1, -0.05) is 51.8 Å². The number of hydrogen-bond acceptors (Lipinski definition) is 3. The molecule has 0 N–H and O–H groups in total. The summed E-state index contributed by atoms with van der Waals surface area (Å²) in [6.45, 7) is 5.54. The van der Waals surface area contributed by atoms with Gasteiger partial charge in [0.1, 0.15) is 0 Å². The second-order valence-electron chi connectivity index (χ2n) is 6.44. The summed E-state index contributed by atoms with van der Waals surface area (Å²) >= 11 is 3.59. The Hall–Kier alpha value is -1.21. The maximum atomic E-state index is 12.9. The van der Waals surface area contributed by atoms with Crippen molar-refractivity contribution in [1.82, 2.24) is 9.21 Å². The first-order valence-electron chi connectivity index (χ1n) is 8.49. The first kappa shape index (κ1) is 18.6. The lowest BCUT2D eigenvalue weighted by atomic mass is 10.2. The third kappa shape index (κ3) is 4.50. The Labute approximate surface area is 158 Å². The van der Waals surface area contributed by atoms with Crippen molar-refractivity contribution in [3.05, 3.63) is 64.1 Å². The summed E-state index contributed by atoms with van der Waals surface area (Å²) in [5.41, 5.74) is 2.30. The van der Waals surface area contributed by atoms with Crippen LogP contribution in [0.2, 0.25) is 0 Å². The fourth-order valence-electron chi connectivity index (χ4n) is 3.07. The van der Waals surface area contributed by atoms with Gasteiger partial charge in [0.05, 0.1) is 4.90 Å². The summed E-state index contributed by atoms with van der Waals surface area (Å²) in [6.07, 6.45) is 0.843. The fourth-order valence-corrected chi connectivity index (χ4v) is 4.95. The summed E-state index contributed by atoms with van der Waals surface area (Å²) in [6, 6.07) is 15.3. The highest BCUT2D eigenvalue weighted by Crippen LogP contribution is 2.21. The monoisotopic (exact) mass is 422 g/mol. The zero-order valence-corrected chi connectivity index (χ0v) is 16.8. The summed E-state index contributed by atoms with van der Waals surface area (Å²) in [4.78, 5) is 2.71. The molecular formula is C19H23BrN2O2S. The Morgan fingerprint density at radius 2 is 1.68 bits per heavy atom. The molecule has 1 fully saturated rings. The molecule has 1 aliphatic rings. The van der Waals surface area contributed by atoms with E-state index >= 15 is 0 Å². The lowest BCUT2D eigenvalue weighted by Crippen LogP contribution is -2.35. The maximum absolute atomic E-state index is 12.9. The van der Waals surface area contributed by atoms with Crippen LogP contribution >= 0.6 is 15.9 Å². The topological polar surface area (TPSA) is 40.6 Å². The number of sulfonamides is 1. The van der Waals surface area contributed by atoms with E-state index in [4.69, 9.17) is 0 Å². The molecule has 0 atom stereocenters. The van der Waals surface area contributed by atoms with Crippen LogP contribution in [0.5, 0.6) is 0 Å². The van der Waals surface area contributed by atoms with Crippen LogP contribution in [0, 0.1) is 6.92 Å². The van der Waals surface area contributed by atoms with Gasteiger partial charge in [-0.2, -0.15) is 4.31 Å². The smallest absolute Gasteiger partial charge is 0.243 e. The minimum Gasteiger partial charge on any atom is -0.298 e. The molecular weight excluding hydrogens is 400 g/mol. The molecule has 0 radical (unpaired) electrons. The van der Waals surface area contributed by atoms with Gasteiger partial charge < -0.3 is 0 Å². The van der Waals surface area contributed by atoms with E-state index in [1.54, 1.807) is 16.4 Å². The molecule has 0 bridgehead atoms. The van der Waals surface area contributed by atoms with Crippen molar-refractivity contribution in [1.29, 1.82) is 0 Å². The second-order valence-corrected chi connectivity index (χ2v) is 9.23. The van der Waals surface area contributed by atoms with Crippen LogP contribution in [-0.2, 0) is 16.6 Å². The molecule has 25 heavy (non-hydrogen) atoms. The predicted octanol–water partition coefficient (Wildman–Crippen LogP) is 3.65. The van der Waals surface area contributed by atoms with Gasteiger partial charge in [-0.3, -0.25) is 4.90 Å². The highest BCUT2D eigenvalue weighted by Gasteiger charge is 2.26. The molecule has 3 rings (SSSR count). The first-order valence-corrected chi connectivity index (χ1v) is 10.7. The molecule has 134 valence electrons. The van der Waals surface area contributed by atoms with Crippen molar-refractivity contribution < 1.29 is 8.42 Å². The van der Waals surface area contributed by atoms with E-state index in [9.17, 15) is 8.42 Å². The molecule has 0 amide bonds. The second kappa shape index (κ2) is 7.99. The fraction of sp³-hybridized carbons (Fsp3) is 0.368. The van der Waals surface area contributed by atoms with Gasteiger partial charge in [0, 0.05) is 30.7 Å². The van der Waals surface area contributed by atoms with E-state index in [1.165, 1.54) is 5.56 Å². The number of halogens is 1. The van der Waals surface area contributed by atoms with Crippen LogP contribution in [0.15, 0.2) is 57.9 Å². The molecule has 1 saturated heterocycles. The minimum absolute atomic E-state index is 0.386. The highest BCUT2D eigenvalue weighted by atomic mass is 79.9. The molecule has 1 aliphatic heterocycles. The summed E-state index contributed by atoms with van der Waals surface area (Å²) in [5, 5.41) is 0. The summed E-state index contributed by atoms with van der Waals surface area (Å²) in [5.74, 6) is 0. The Morgan fingerprint density at radius 1 is 0.960 bits per heavy atom. The zero-order chi connectivity index (χ0) is 17.9. The SMILES string of the molecule is Cc1ccc(S(=O)(=O)N2CCCN(Cc3ccccc3Br)CC2)cc1. The quantitative estimate of drug-likeness (QED) is 0.754. The van der Waals surface area contributed by atoms with Crippen molar-refractivity contribution in [3.8, 4) is 0 Å². The van der Waals surface area contributed by atoms with Crippen molar-refractivity contribution >= 4 is 26.0 Å². The Morgan fingerprint density at radius 3 is 2.40 bits per heavy atom. The Kier molecular flexibility index (Phi) is 5.94. The van der Waals surface area contributed by atoms with Gasteiger partial charge in [0.25, 0.3) is 0 Å². The third-order valence-corrected chi connectivity index (χ3v) is 7.24. The largest absolute Gasteiger partial charge is 0.298 e. The number of nitrogens with zero attached hydrogens (tertiary/aromatic N) is 2. The van der Waals surface area contributed by atoms with Crippen LogP contribution in [0.4, 0.5) is 0 Å². The minimum atomic E-state index is -3.41. The van der Waals surface area contributed by atoms with Crippen molar-refractivity contribution in [2.75, 3.05) is 26.2 Å². The first-order chi connectivity index (χ1) is 12.0. The highest BCUT2D eigenvalue weighted by molar-refractivity contribution is 9.10. The molecule has 0 spiro atoms. The molecule has 2 aromatic carbocycles. The van der Waals surface area contributed by atoms with Gasteiger partial charge in [0.15, 0.2) is 0 Å². The van der Waals surface area contributed by atoms with Gasteiger partial charge in [-0.15, -0.1) is 0 Å². The van der Waals surface area contributed by atoms with Crippen LogP contribution in [-0.4, -0.2) is 43.8 Å². The van der Waals surface area contributed by atoms with Crippen molar-refractivity contribution in [3.63, 3.8) is 0 Å². The lowest BCUT2D eigenvalue weighted by Gasteiger charge is -2.22. The molecule has 0 aromatic heterocycles. The van der Waals surface area contributed by atoms with E-state index in [1.807, 2.05) is 37.3 Å². The molecule has 0 saturated carbocycles. The normalized spacial score (nSPS) is 17.4. The average molecular weight is 423 g/mol. The standard InChI is InChI=1S/C19H23BrN2O2S/c1-16-7-9-18(10-8-16)25(23,24)22-12-4-11-21(13-14-22)15-17-5-2-3-6-19(17)20/h2-3,5-10H,4,11-15H2,1H3. The maximum Gasteiger partial charge on any atom is 0.243 e. The van der Waals surface area contributed by atoms with Gasteiger partial charge in [0.2, 0.25) is 10.0 Å².